The van der Waals surface area contributed by atoms with E-state index in [0.29, 0.717) is 5.56 Å². The molecule has 88 valence electrons. The Labute approximate surface area is 106 Å². The first kappa shape index (κ1) is 13.8. The second-order valence-corrected chi connectivity index (χ2v) is 9.87. The molecule has 0 fully saturated rings. The molecule has 0 aliphatic rings. The molecule has 1 aromatic carbocycles. The molecule has 0 bridgehead atoms. The summed E-state index contributed by atoms with van der Waals surface area (Å²) in [7, 11) is 0. The van der Waals surface area contributed by atoms with Crippen molar-refractivity contribution in [1.82, 2.24) is 0 Å². The van der Waals surface area contributed by atoms with Gasteiger partial charge in [0, 0.05) is 30.1 Å². The number of amides is 1. The van der Waals surface area contributed by atoms with Gasteiger partial charge in [0.2, 0.25) is 5.66 Å². The zero-order valence-electron chi connectivity index (χ0n) is 8.87. The number of hydrogen-bond donors (Lipinski definition) is 4. The Balaban J connectivity index is 3.16. The van der Waals surface area contributed by atoms with Gasteiger partial charge < -0.3 is 5.73 Å². The van der Waals surface area contributed by atoms with Crippen LogP contribution in [0.3, 0.4) is 0 Å². The number of carbonyl (C=O) groups excluding carboxylic acids is 1. The number of primary amides is 1. The monoisotopic (exact) mass is 276 g/mol. The van der Waals surface area contributed by atoms with Crippen molar-refractivity contribution in [2.75, 3.05) is 0 Å². The van der Waals surface area contributed by atoms with Crippen LogP contribution in [0.4, 0.5) is 0 Å². The Bertz CT molecular complexity index is 393. The summed E-state index contributed by atoms with van der Waals surface area (Å²) in [6, 6.07) is 7.40. The highest BCUT2D eigenvalue weighted by molar-refractivity contribution is 8.83. The average molecular weight is 276 g/mol. The van der Waals surface area contributed by atoms with Gasteiger partial charge in [0.05, 0.1) is 0 Å². The predicted molar refractivity (Wildman–Crippen MR) is 74.9 cm³/mol. The van der Waals surface area contributed by atoms with Crippen molar-refractivity contribution in [3.05, 3.63) is 35.4 Å². The normalized spacial score (nSPS) is 13.5. The van der Waals surface area contributed by atoms with Gasteiger partial charge in [-0.05, 0) is 12.0 Å². The molecule has 1 unspecified atom stereocenters. The smallest absolute Gasteiger partial charge is 0.269 e. The van der Waals surface area contributed by atoms with Crippen LogP contribution in [0.25, 0.3) is 0 Å². The highest BCUT2D eigenvalue weighted by Crippen LogP contribution is 2.74. The maximum atomic E-state index is 11.3. The lowest BCUT2D eigenvalue weighted by Crippen LogP contribution is -2.21. The van der Waals surface area contributed by atoms with Gasteiger partial charge in [0.25, 0.3) is 11.8 Å². The SMILES string of the molecule is CCc1cccc(C(C(N)=O)[P+](O)(S)S)c1. The molecule has 1 aromatic rings. The van der Waals surface area contributed by atoms with Crippen LogP contribution in [0.15, 0.2) is 24.3 Å². The van der Waals surface area contributed by atoms with Gasteiger partial charge in [0.15, 0.2) is 0 Å². The van der Waals surface area contributed by atoms with Gasteiger partial charge in [-0.2, -0.15) is 0 Å². The minimum absolute atomic E-state index is 0.603. The molecule has 0 radical (unpaired) electrons. The molecule has 3 nitrogen and oxygen atoms in total. The maximum Gasteiger partial charge on any atom is 0.269 e. The van der Waals surface area contributed by atoms with E-state index in [1.165, 1.54) is 0 Å². The van der Waals surface area contributed by atoms with Crippen LogP contribution in [0, 0.1) is 0 Å². The second kappa shape index (κ2) is 5.41. The quantitative estimate of drug-likeness (QED) is 0.504. The Morgan fingerprint density at radius 3 is 2.62 bits per heavy atom. The zero-order chi connectivity index (χ0) is 12.3. The lowest BCUT2D eigenvalue weighted by atomic mass is 10.1. The molecule has 0 aromatic heterocycles. The fraction of sp³-hybridized carbons (Fsp3) is 0.300. The zero-order valence-corrected chi connectivity index (χ0v) is 11.6. The standard InChI is InChI=1S/C10H14NO2PS2/c1-2-7-4-3-5-8(6-7)9(10(11)12)14(13,15)16/h3-6,9,13,15-16H,2H2,1H3,(H-,11,12)/p+1. The summed E-state index contributed by atoms with van der Waals surface area (Å²) in [5, 5.41) is 0. The fourth-order valence-corrected chi connectivity index (χ4v) is 3.90. The number of carbonyl (C=O) groups is 1. The molecule has 0 aliphatic heterocycles. The first-order valence-electron chi connectivity index (χ1n) is 4.81. The number of aryl methyl sites for hydroxylation is 1. The van der Waals surface area contributed by atoms with E-state index < -0.39 is 17.5 Å². The largest absolute Gasteiger partial charge is 0.366 e. The number of thiol groups is 2. The minimum Gasteiger partial charge on any atom is -0.366 e. The van der Waals surface area contributed by atoms with Crippen molar-refractivity contribution < 1.29 is 9.69 Å². The summed E-state index contributed by atoms with van der Waals surface area (Å²) < 4.78 is 0. The van der Waals surface area contributed by atoms with Crippen molar-refractivity contribution in [1.29, 1.82) is 0 Å². The summed E-state index contributed by atoms with van der Waals surface area (Å²) >= 11 is 7.99. The average Bonchev–Trinajstić information content (AvgIpc) is 2.15. The predicted octanol–water partition coefficient (Wildman–Crippen LogP) is 2.39. The van der Waals surface area contributed by atoms with E-state index in [1.807, 2.05) is 25.1 Å². The third kappa shape index (κ3) is 3.39. The molecule has 6 heteroatoms. The summed E-state index contributed by atoms with van der Waals surface area (Å²) in [4.78, 5) is 21.1. The van der Waals surface area contributed by atoms with Crippen molar-refractivity contribution in [2.45, 2.75) is 19.0 Å². The number of benzene rings is 1. The van der Waals surface area contributed by atoms with Gasteiger partial charge in [-0.15, -0.1) is 0 Å². The van der Waals surface area contributed by atoms with Gasteiger partial charge in [-0.25, -0.2) is 4.89 Å². The van der Waals surface area contributed by atoms with Gasteiger partial charge in [0.1, 0.15) is 0 Å². The first-order valence-corrected chi connectivity index (χ1v) is 8.93. The van der Waals surface area contributed by atoms with E-state index in [4.69, 9.17) is 5.73 Å². The number of rotatable bonds is 4. The molecule has 1 amide bonds. The lowest BCUT2D eigenvalue weighted by Gasteiger charge is -2.16. The topological polar surface area (TPSA) is 63.3 Å². The van der Waals surface area contributed by atoms with Crippen LogP contribution in [-0.2, 0) is 11.2 Å². The molecule has 0 saturated heterocycles. The molecule has 3 N–H and O–H groups in total. The summed E-state index contributed by atoms with van der Waals surface area (Å²) in [6.07, 6.45) is 0.856. The molecular formula is C10H15NO2PS2+. The van der Waals surface area contributed by atoms with E-state index in [9.17, 15) is 9.69 Å². The molecule has 0 aliphatic carbocycles. The maximum absolute atomic E-state index is 11.3. The Hall–Kier alpha value is -0.220. The van der Waals surface area contributed by atoms with Crippen LogP contribution in [0.5, 0.6) is 0 Å². The van der Waals surface area contributed by atoms with Crippen molar-refractivity contribution in [2.24, 2.45) is 5.73 Å². The number of nitrogens with two attached hydrogens (primary N) is 1. The fourth-order valence-electron chi connectivity index (χ4n) is 1.52. The first-order chi connectivity index (χ1) is 7.36. The van der Waals surface area contributed by atoms with E-state index in [2.05, 4.69) is 24.5 Å². The van der Waals surface area contributed by atoms with Gasteiger partial charge in [-0.1, -0.05) is 31.2 Å². The summed E-state index contributed by atoms with van der Waals surface area (Å²) in [6.45, 7) is 2.01. The van der Waals surface area contributed by atoms with Crippen molar-refractivity contribution >= 4 is 36.3 Å². The highest BCUT2D eigenvalue weighted by atomic mass is 33.1. The molecule has 0 saturated carbocycles. The summed E-state index contributed by atoms with van der Waals surface area (Å²) in [5.74, 6) is -3.52. The lowest BCUT2D eigenvalue weighted by molar-refractivity contribution is -0.117. The number of hydrogen-bond acceptors (Lipinski definition) is 4. The van der Waals surface area contributed by atoms with E-state index >= 15 is 0 Å². The Morgan fingerprint density at radius 1 is 1.56 bits per heavy atom. The van der Waals surface area contributed by atoms with Gasteiger partial charge in [-0.3, -0.25) is 4.79 Å². The minimum atomic E-state index is -2.92. The van der Waals surface area contributed by atoms with Crippen LogP contribution in [0.1, 0.15) is 23.7 Å². The van der Waals surface area contributed by atoms with Crippen LogP contribution in [0.2, 0.25) is 0 Å². The van der Waals surface area contributed by atoms with E-state index in [-0.39, 0.29) is 0 Å². The second-order valence-electron chi connectivity index (χ2n) is 3.52. The molecule has 1 atom stereocenters. The third-order valence-corrected chi connectivity index (χ3v) is 4.92. The molecule has 0 heterocycles. The van der Waals surface area contributed by atoms with Crippen molar-refractivity contribution in [3.63, 3.8) is 0 Å². The van der Waals surface area contributed by atoms with Crippen molar-refractivity contribution in [3.8, 4) is 0 Å². The van der Waals surface area contributed by atoms with Crippen LogP contribution < -0.4 is 5.73 Å². The van der Waals surface area contributed by atoms with Crippen LogP contribution in [-0.4, -0.2) is 10.8 Å². The van der Waals surface area contributed by atoms with E-state index in [1.54, 1.807) is 6.07 Å². The Kier molecular flexibility index (Phi) is 4.68. The molecule has 1 rings (SSSR count). The van der Waals surface area contributed by atoms with Gasteiger partial charge >= 0.3 is 0 Å². The van der Waals surface area contributed by atoms with E-state index in [0.717, 1.165) is 12.0 Å². The Morgan fingerprint density at radius 2 is 2.19 bits per heavy atom. The molecule has 16 heavy (non-hydrogen) atoms. The molecular weight excluding hydrogens is 261 g/mol. The van der Waals surface area contributed by atoms with Crippen LogP contribution >= 0.6 is 30.4 Å². The highest BCUT2D eigenvalue weighted by Gasteiger charge is 2.44. The molecule has 0 spiro atoms. The summed E-state index contributed by atoms with van der Waals surface area (Å²) in [5.41, 5.74) is 6.21. The third-order valence-electron chi connectivity index (χ3n) is 2.29.